The number of benzene rings is 8. The van der Waals surface area contributed by atoms with Crippen LogP contribution in [-0.4, -0.2) is 14.1 Å². The van der Waals surface area contributed by atoms with Gasteiger partial charge in [-0.05, 0) is 122 Å². The van der Waals surface area contributed by atoms with Gasteiger partial charge in [-0.15, -0.1) is 0 Å². The fourth-order valence-electron chi connectivity index (χ4n) is 9.31. The smallest absolute Gasteiger partial charge is 0.269 e. The van der Waals surface area contributed by atoms with Crippen molar-refractivity contribution in [1.29, 1.82) is 0 Å². The van der Waals surface area contributed by atoms with Gasteiger partial charge in [0.2, 0.25) is 0 Å². The van der Waals surface area contributed by atoms with Crippen molar-refractivity contribution in [3.63, 3.8) is 0 Å². The van der Waals surface area contributed by atoms with E-state index in [0.29, 0.717) is 34.1 Å². The number of ether oxygens (including phenoxy) is 1. The van der Waals surface area contributed by atoms with E-state index < -0.39 is 24.5 Å². The molecule has 0 saturated heterocycles. The summed E-state index contributed by atoms with van der Waals surface area (Å²) >= 11 is 0. The number of para-hydroxylation sites is 3. The first-order valence-electron chi connectivity index (χ1n) is 26.9. The second-order valence-corrected chi connectivity index (χ2v) is 19.6. The van der Waals surface area contributed by atoms with Gasteiger partial charge in [-0.25, -0.2) is 4.98 Å². The zero-order chi connectivity index (χ0) is 53.6. The summed E-state index contributed by atoms with van der Waals surface area (Å²) in [5.41, 5.74) is 11.6. The molecule has 0 saturated carbocycles. The minimum absolute atomic E-state index is 0.0985. The molecule has 8 aromatic carbocycles. The molecule has 0 bridgehead atoms. The van der Waals surface area contributed by atoms with Gasteiger partial charge in [0, 0.05) is 25.8 Å². The molecule has 3 heterocycles. The number of rotatable bonds is 9. The molecule has 0 spiro atoms. The van der Waals surface area contributed by atoms with Crippen molar-refractivity contribution in [3.8, 4) is 62.1 Å². The van der Waals surface area contributed by atoms with Crippen molar-refractivity contribution >= 4 is 32.8 Å². The normalized spacial score (nSPS) is 13.7. The topological polar surface area (TPSA) is 35.9 Å². The van der Waals surface area contributed by atoms with Crippen molar-refractivity contribution in [2.24, 2.45) is 0 Å². The summed E-state index contributed by atoms with van der Waals surface area (Å²) in [7, 11) is 0. The Morgan fingerprint density at radius 3 is 2.04 bits per heavy atom. The highest BCUT2D eigenvalue weighted by molar-refractivity contribution is 6.10. The zero-order valence-electron chi connectivity index (χ0n) is 46.9. The Morgan fingerprint density at radius 2 is 1.29 bits per heavy atom. The molecule has 338 valence electrons. The quantitative estimate of drug-likeness (QED) is 0.107. The highest BCUT2D eigenvalue weighted by Crippen LogP contribution is 2.40. The standard InChI is InChI=1S/C64H56N4O/c1-8-43-33-34-65-61(35-43)68-57-32-29-46(44-19-11-9-12-20-44)38-56(57)55-31-30-52(41-60(55)68)69-51-24-17-23-50(40-51)66-42-67(59-28-16-15-27-58(59)66)62-53(45-21-13-10-14-22-45)25-18-26-54(62)47-36-48(63(2,3)4)39-49(37-47)64(5,6)7/h9-41H,8H2,1-7H3/i8D2,10D,13D,14D,21D,22D. The van der Waals surface area contributed by atoms with Crippen LogP contribution in [0.4, 0.5) is 0 Å². The van der Waals surface area contributed by atoms with Gasteiger partial charge in [-0.1, -0.05) is 182 Å². The summed E-state index contributed by atoms with van der Waals surface area (Å²) in [6.45, 7) is 14.7. The molecular formula is C64H56N4O. The molecule has 3 aromatic heterocycles. The molecule has 0 fully saturated rings. The van der Waals surface area contributed by atoms with Crippen LogP contribution >= 0.6 is 0 Å². The molecule has 69 heavy (non-hydrogen) atoms. The third-order valence-electron chi connectivity index (χ3n) is 13.0. The molecule has 11 aromatic rings. The van der Waals surface area contributed by atoms with E-state index >= 15 is 0 Å². The highest BCUT2D eigenvalue weighted by Gasteiger charge is 2.25. The predicted molar refractivity (Wildman–Crippen MR) is 285 cm³/mol. The van der Waals surface area contributed by atoms with Gasteiger partial charge in [0.15, 0.2) is 0 Å². The Hall–Kier alpha value is -8.02. The molecule has 0 radical (unpaired) electrons. The number of aryl methyl sites for hydroxylation is 1. The van der Waals surface area contributed by atoms with Crippen LogP contribution in [0.15, 0.2) is 200 Å². The summed E-state index contributed by atoms with van der Waals surface area (Å²) in [5, 5.41) is 2.01. The monoisotopic (exact) mass is 903 g/mol. The lowest BCUT2D eigenvalue weighted by Gasteiger charge is -2.27. The number of hydrogen-bond acceptors (Lipinski definition) is 2. The Bertz CT molecular complexity index is 4040. The average molecular weight is 904 g/mol. The molecule has 0 amide bonds. The van der Waals surface area contributed by atoms with E-state index in [0.717, 1.165) is 71.9 Å². The molecular weight excluding hydrogens is 841 g/mol. The van der Waals surface area contributed by atoms with E-state index in [-0.39, 0.29) is 28.5 Å². The molecule has 0 atom stereocenters. The molecule has 5 heteroatoms. The summed E-state index contributed by atoms with van der Waals surface area (Å²) in [5.74, 6) is 1.74. The molecule has 5 nitrogen and oxygen atoms in total. The summed E-state index contributed by atoms with van der Waals surface area (Å²) in [6.07, 6.45) is 3.76. The van der Waals surface area contributed by atoms with E-state index in [1.54, 1.807) is 19.2 Å². The van der Waals surface area contributed by atoms with Crippen LogP contribution in [0.5, 0.6) is 11.5 Å². The number of fused-ring (bicyclic) bond motifs is 4. The summed E-state index contributed by atoms with van der Waals surface area (Å²) in [6, 6.07) is 52.5. The zero-order valence-corrected chi connectivity index (χ0v) is 39.9. The first-order chi connectivity index (χ1) is 36.2. The van der Waals surface area contributed by atoms with Crippen LogP contribution in [0.25, 0.3) is 83.4 Å². The molecule has 0 aliphatic rings. The van der Waals surface area contributed by atoms with Gasteiger partial charge < -0.3 is 4.74 Å². The fraction of sp³-hybridized carbons (Fsp3) is 0.156. The van der Waals surface area contributed by atoms with E-state index in [2.05, 4.69) is 107 Å². The van der Waals surface area contributed by atoms with Crippen LogP contribution in [0.2, 0.25) is 0 Å². The van der Waals surface area contributed by atoms with Gasteiger partial charge >= 0.3 is 0 Å². The molecule has 0 aliphatic carbocycles. The van der Waals surface area contributed by atoms with Crippen molar-refractivity contribution < 1.29 is 18.9 Å². The lowest BCUT2D eigenvalue weighted by Crippen LogP contribution is -2.31. The number of nitrogens with zero attached hydrogens (tertiary/aromatic N) is 4. The maximum absolute atomic E-state index is 9.23. The number of imidazole rings is 1. The minimum atomic E-state index is -1.58. The minimum Gasteiger partial charge on any atom is -0.458 e. The van der Waals surface area contributed by atoms with Gasteiger partial charge in [0.1, 0.15) is 17.3 Å². The first kappa shape index (κ1) is 36.1. The Morgan fingerprint density at radius 1 is 0.580 bits per heavy atom. The van der Waals surface area contributed by atoms with Crippen LogP contribution < -0.4 is 9.30 Å². The molecule has 0 aliphatic heterocycles. The van der Waals surface area contributed by atoms with Gasteiger partial charge in [0.05, 0.1) is 40.3 Å². The van der Waals surface area contributed by atoms with Crippen molar-refractivity contribution in [3.05, 3.63) is 223 Å². The second kappa shape index (κ2) is 17.2. The van der Waals surface area contributed by atoms with E-state index in [1.165, 1.54) is 0 Å². The van der Waals surface area contributed by atoms with Gasteiger partial charge in [0.25, 0.3) is 6.33 Å². The molecule has 0 N–H and O–H groups in total. The maximum atomic E-state index is 9.23. The van der Waals surface area contributed by atoms with Crippen molar-refractivity contribution in [2.75, 3.05) is 0 Å². The Labute approximate surface area is 415 Å². The largest absolute Gasteiger partial charge is 0.458 e. The van der Waals surface area contributed by atoms with E-state index in [9.17, 15) is 2.74 Å². The number of pyridine rings is 1. The highest BCUT2D eigenvalue weighted by atomic mass is 16.5. The SMILES string of the molecule is [2H]c1c([2H])c([2H])c(-c2cccc(-c3cc(C(C)(C)C)cc(C(C)(C)C)c3)c2-[n+]2[c-]n(-c3cccc(Oc4ccc5c6cc(-c7ccccc7)ccc6n(-c6cc(C([2H])([2H])C)ccn6)c5c4)c3)c3ccccc32)c([2H])c1[2H]. The lowest BCUT2D eigenvalue weighted by atomic mass is 9.78. The third-order valence-corrected chi connectivity index (χ3v) is 13.0. The van der Waals surface area contributed by atoms with Gasteiger partial charge in [-0.2, -0.15) is 0 Å². The summed E-state index contributed by atoms with van der Waals surface area (Å²) in [4.78, 5) is 4.78. The second-order valence-electron chi connectivity index (χ2n) is 19.6. The van der Waals surface area contributed by atoms with E-state index in [1.807, 2.05) is 112 Å². The summed E-state index contributed by atoms with van der Waals surface area (Å²) < 4.78 is 74.2. The van der Waals surface area contributed by atoms with Gasteiger partial charge in [-0.3, -0.25) is 13.7 Å². The van der Waals surface area contributed by atoms with Crippen molar-refractivity contribution in [1.82, 2.24) is 14.1 Å². The van der Waals surface area contributed by atoms with Crippen LogP contribution in [0, 0.1) is 6.33 Å². The predicted octanol–water partition coefficient (Wildman–Crippen LogP) is 16.2. The number of aromatic nitrogens is 4. The van der Waals surface area contributed by atoms with Crippen LogP contribution in [0.1, 0.15) is 74.8 Å². The lowest BCUT2D eigenvalue weighted by molar-refractivity contribution is -0.571. The van der Waals surface area contributed by atoms with Crippen LogP contribution in [0.3, 0.4) is 0 Å². The third kappa shape index (κ3) is 8.18. The Balaban J connectivity index is 1.08. The fourth-order valence-corrected chi connectivity index (χ4v) is 9.31. The Kier molecular flexibility index (Phi) is 9.02. The molecule has 11 rings (SSSR count). The van der Waals surface area contributed by atoms with E-state index in [4.69, 9.17) is 16.6 Å². The number of hydrogen-bond donors (Lipinski definition) is 0. The van der Waals surface area contributed by atoms with Crippen molar-refractivity contribution in [2.45, 2.75) is 65.7 Å². The molecule has 0 unspecified atom stereocenters. The van der Waals surface area contributed by atoms with Crippen LogP contribution in [-0.2, 0) is 17.2 Å². The first-order valence-corrected chi connectivity index (χ1v) is 23.4. The average Bonchev–Trinajstić information content (AvgIpc) is 3.98. The maximum Gasteiger partial charge on any atom is 0.269 e.